The molecule has 8 heteroatoms. The predicted octanol–water partition coefficient (Wildman–Crippen LogP) is 4.82. The molecular weight excluding hydrogens is 453 g/mol. The van der Waals surface area contributed by atoms with Crippen LogP contribution in [0.2, 0.25) is 5.02 Å². The molecule has 0 fully saturated rings. The summed E-state index contributed by atoms with van der Waals surface area (Å²) in [7, 11) is 1.45. The topological polar surface area (TPSA) is 75.6 Å². The van der Waals surface area contributed by atoms with Gasteiger partial charge in [0.05, 0.1) is 33.4 Å². The zero-order valence-corrected chi connectivity index (χ0v) is 15.6. The van der Waals surface area contributed by atoms with E-state index in [1.807, 2.05) is 0 Å². The van der Waals surface area contributed by atoms with Crippen LogP contribution in [0, 0.1) is 0 Å². The molecule has 0 saturated carbocycles. The standard InChI is InChI=1S/C15H10Br2ClNO4/c1-23-13-9(5-8(16)6-10(13)17)14(20)19-12-4-7(15(21)22)2-3-11(12)18/h2-6H,1H3,(H,19,20)(H,21,22). The van der Waals surface area contributed by atoms with Crippen LogP contribution in [-0.2, 0) is 0 Å². The van der Waals surface area contributed by atoms with E-state index >= 15 is 0 Å². The van der Waals surface area contributed by atoms with E-state index in [4.69, 9.17) is 21.4 Å². The Bertz CT molecular complexity index is 795. The highest BCUT2D eigenvalue weighted by atomic mass is 79.9. The molecule has 0 bridgehead atoms. The minimum atomic E-state index is -1.11. The molecule has 0 radical (unpaired) electrons. The molecule has 23 heavy (non-hydrogen) atoms. The van der Waals surface area contributed by atoms with Crippen molar-refractivity contribution in [1.29, 1.82) is 0 Å². The number of carboxylic acid groups (broad SMARTS) is 1. The number of anilines is 1. The predicted molar refractivity (Wildman–Crippen MR) is 94.8 cm³/mol. The molecule has 0 heterocycles. The zero-order chi connectivity index (χ0) is 17.1. The number of amides is 1. The molecule has 2 N–H and O–H groups in total. The van der Waals surface area contributed by atoms with Gasteiger partial charge in [-0.25, -0.2) is 4.79 Å². The number of hydrogen-bond acceptors (Lipinski definition) is 3. The summed E-state index contributed by atoms with van der Waals surface area (Å²) in [5.74, 6) is -1.23. The van der Waals surface area contributed by atoms with Crippen LogP contribution >= 0.6 is 43.5 Å². The highest BCUT2D eigenvalue weighted by Crippen LogP contribution is 2.33. The van der Waals surface area contributed by atoms with Crippen molar-refractivity contribution in [1.82, 2.24) is 0 Å². The fourth-order valence-corrected chi connectivity index (χ4v) is 3.43. The molecule has 0 saturated heterocycles. The van der Waals surface area contributed by atoms with E-state index in [9.17, 15) is 9.59 Å². The summed E-state index contributed by atoms with van der Waals surface area (Å²) in [6.07, 6.45) is 0. The van der Waals surface area contributed by atoms with Crippen LogP contribution in [0.25, 0.3) is 0 Å². The molecule has 0 spiro atoms. The van der Waals surface area contributed by atoms with Gasteiger partial charge in [-0.3, -0.25) is 4.79 Å². The van der Waals surface area contributed by atoms with E-state index < -0.39 is 11.9 Å². The quantitative estimate of drug-likeness (QED) is 0.682. The lowest BCUT2D eigenvalue weighted by atomic mass is 10.1. The summed E-state index contributed by atoms with van der Waals surface area (Å²) in [4.78, 5) is 23.5. The van der Waals surface area contributed by atoms with Gasteiger partial charge in [0, 0.05) is 4.47 Å². The monoisotopic (exact) mass is 461 g/mol. The van der Waals surface area contributed by atoms with Crippen LogP contribution in [0.1, 0.15) is 20.7 Å². The van der Waals surface area contributed by atoms with E-state index in [-0.39, 0.29) is 21.8 Å². The van der Waals surface area contributed by atoms with Gasteiger partial charge in [0.25, 0.3) is 5.91 Å². The van der Waals surface area contributed by atoms with E-state index in [1.54, 1.807) is 12.1 Å². The Morgan fingerprint density at radius 3 is 2.52 bits per heavy atom. The minimum absolute atomic E-state index is 0.0205. The summed E-state index contributed by atoms with van der Waals surface area (Å²) >= 11 is 12.6. The lowest BCUT2D eigenvalue weighted by Gasteiger charge is -2.13. The van der Waals surface area contributed by atoms with Crippen molar-refractivity contribution in [2.24, 2.45) is 0 Å². The smallest absolute Gasteiger partial charge is 0.335 e. The first kappa shape index (κ1) is 17.8. The molecular formula is C15H10Br2ClNO4. The number of carboxylic acids is 1. The van der Waals surface area contributed by atoms with Crippen molar-refractivity contribution in [2.45, 2.75) is 0 Å². The van der Waals surface area contributed by atoms with Crippen LogP contribution < -0.4 is 10.1 Å². The second-order valence-electron chi connectivity index (χ2n) is 4.42. The lowest BCUT2D eigenvalue weighted by Crippen LogP contribution is -2.14. The minimum Gasteiger partial charge on any atom is -0.495 e. The Hall–Kier alpha value is -1.57. The molecule has 2 rings (SSSR count). The SMILES string of the molecule is COc1c(Br)cc(Br)cc1C(=O)Nc1cc(C(=O)O)ccc1Cl. The maximum absolute atomic E-state index is 12.5. The molecule has 0 unspecified atom stereocenters. The number of carbonyl (C=O) groups excluding carboxylic acids is 1. The van der Waals surface area contributed by atoms with Crippen LogP contribution in [-0.4, -0.2) is 24.1 Å². The van der Waals surface area contributed by atoms with E-state index in [1.165, 1.54) is 25.3 Å². The van der Waals surface area contributed by atoms with Crippen molar-refractivity contribution in [3.8, 4) is 5.75 Å². The maximum atomic E-state index is 12.5. The average Bonchev–Trinajstić information content (AvgIpc) is 2.48. The number of aromatic carboxylic acids is 1. The fourth-order valence-electron chi connectivity index (χ4n) is 1.88. The largest absolute Gasteiger partial charge is 0.495 e. The van der Waals surface area contributed by atoms with Gasteiger partial charge in [-0.2, -0.15) is 0 Å². The Labute approximate surface area is 153 Å². The summed E-state index contributed by atoms with van der Waals surface area (Å²) in [6, 6.07) is 7.40. The first-order valence-electron chi connectivity index (χ1n) is 6.20. The van der Waals surface area contributed by atoms with Gasteiger partial charge in [0.2, 0.25) is 0 Å². The van der Waals surface area contributed by atoms with Crippen LogP contribution in [0.4, 0.5) is 5.69 Å². The number of rotatable bonds is 4. The Kier molecular flexibility index (Phi) is 5.67. The Morgan fingerprint density at radius 2 is 1.91 bits per heavy atom. The van der Waals surface area contributed by atoms with E-state index in [2.05, 4.69) is 37.2 Å². The van der Waals surface area contributed by atoms with Gasteiger partial charge in [0.1, 0.15) is 5.75 Å². The summed E-state index contributed by atoms with van der Waals surface area (Å²) in [5, 5.41) is 11.8. The van der Waals surface area contributed by atoms with Gasteiger partial charge < -0.3 is 15.2 Å². The van der Waals surface area contributed by atoms with Crippen molar-refractivity contribution < 1.29 is 19.4 Å². The molecule has 0 aliphatic heterocycles. The third-order valence-electron chi connectivity index (χ3n) is 2.92. The van der Waals surface area contributed by atoms with Gasteiger partial charge in [-0.05, 0) is 46.3 Å². The second kappa shape index (κ2) is 7.33. The summed E-state index contributed by atoms with van der Waals surface area (Å²) in [6.45, 7) is 0. The molecule has 2 aromatic carbocycles. The third-order valence-corrected chi connectivity index (χ3v) is 4.30. The Morgan fingerprint density at radius 1 is 1.22 bits per heavy atom. The van der Waals surface area contributed by atoms with Crippen LogP contribution in [0.15, 0.2) is 39.3 Å². The Balaban J connectivity index is 2.40. The molecule has 0 aliphatic carbocycles. The fraction of sp³-hybridized carbons (Fsp3) is 0.0667. The summed E-state index contributed by atoms with van der Waals surface area (Å²) in [5.41, 5.74) is 0.493. The number of carbonyl (C=O) groups is 2. The first-order valence-corrected chi connectivity index (χ1v) is 8.17. The lowest BCUT2D eigenvalue weighted by molar-refractivity contribution is 0.0696. The molecule has 0 aromatic heterocycles. The highest BCUT2D eigenvalue weighted by molar-refractivity contribution is 9.11. The van der Waals surface area contributed by atoms with E-state index in [0.29, 0.717) is 14.7 Å². The van der Waals surface area contributed by atoms with E-state index in [0.717, 1.165) is 0 Å². The molecule has 2 aromatic rings. The molecule has 0 atom stereocenters. The number of ether oxygens (including phenoxy) is 1. The van der Waals surface area contributed by atoms with Crippen LogP contribution in [0.3, 0.4) is 0 Å². The number of nitrogens with one attached hydrogen (secondary N) is 1. The summed E-state index contributed by atoms with van der Waals surface area (Å²) < 4.78 is 6.51. The van der Waals surface area contributed by atoms with Crippen molar-refractivity contribution in [3.63, 3.8) is 0 Å². The third kappa shape index (κ3) is 4.04. The normalized spacial score (nSPS) is 10.3. The number of benzene rings is 2. The number of methoxy groups -OCH3 is 1. The molecule has 120 valence electrons. The average molecular weight is 464 g/mol. The highest BCUT2D eigenvalue weighted by Gasteiger charge is 2.18. The first-order chi connectivity index (χ1) is 10.8. The number of hydrogen-bond donors (Lipinski definition) is 2. The molecule has 5 nitrogen and oxygen atoms in total. The van der Waals surface area contributed by atoms with Gasteiger partial charge in [0.15, 0.2) is 0 Å². The maximum Gasteiger partial charge on any atom is 0.335 e. The van der Waals surface area contributed by atoms with Crippen LogP contribution in [0.5, 0.6) is 5.75 Å². The van der Waals surface area contributed by atoms with Gasteiger partial charge >= 0.3 is 5.97 Å². The van der Waals surface area contributed by atoms with Gasteiger partial charge in [-0.15, -0.1) is 0 Å². The van der Waals surface area contributed by atoms with Crippen molar-refractivity contribution >= 4 is 61.0 Å². The van der Waals surface area contributed by atoms with Gasteiger partial charge in [-0.1, -0.05) is 27.5 Å². The van der Waals surface area contributed by atoms with Crippen molar-refractivity contribution in [2.75, 3.05) is 12.4 Å². The zero-order valence-electron chi connectivity index (χ0n) is 11.7. The van der Waals surface area contributed by atoms with Crippen molar-refractivity contribution in [3.05, 3.63) is 55.4 Å². The number of halogens is 3. The second-order valence-corrected chi connectivity index (χ2v) is 6.60. The molecule has 1 amide bonds. The molecule has 0 aliphatic rings.